The van der Waals surface area contributed by atoms with Crippen LogP contribution in [-0.2, 0) is 4.79 Å². The normalized spacial score (nSPS) is 12.8. The maximum absolute atomic E-state index is 12.1. The van der Waals surface area contributed by atoms with Gasteiger partial charge in [-0.2, -0.15) is 22.0 Å². The van der Waals surface area contributed by atoms with Gasteiger partial charge >= 0.3 is 12.1 Å². The maximum atomic E-state index is 12.1. The highest BCUT2D eigenvalue weighted by molar-refractivity contribution is 14.1. The van der Waals surface area contributed by atoms with Gasteiger partial charge in [-0.05, 0) is 0 Å². The second-order valence-electron chi connectivity index (χ2n) is 2.11. The van der Waals surface area contributed by atoms with Crippen LogP contribution in [0.25, 0.3) is 0 Å². The summed E-state index contributed by atoms with van der Waals surface area (Å²) in [5.74, 6) is -5.72. The number of nitrogens with one attached hydrogen (secondary N) is 1. The van der Waals surface area contributed by atoms with Crippen molar-refractivity contribution in [2.45, 2.75) is 12.1 Å². The second-order valence-corrected chi connectivity index (χ2v) is 2.88. The predicted molar refractivity (Wildman–Crippen MR) is 42.9 cm³/mol. The molecule has 0 fully saturated rings. The van der Waals surface area contributed by atoms with Crippen molar-refractivity contribution < 1.29 is 26.7 Å². The van der Waals surface area contributed by atoms with E-state index in [1.165, 1.54) is 5.32 Å². The van der Waals surface area contributed by atoms with Crippen LogP contribution >= 0.6 is 22.6 Å². The lowest BCUT2D eigenvalue weighted by Gasteiger charge is -2.19. The fourth-order valence-corrected chi connectivity index (χ4v) is 0.627. The first kappa shape index (κ1) is 12.8. The van der Waals surface area contributed by atoms with Gasteiger partial charge in [0.05, 0.1) is 11.0 Å². The van der Waals surface area contributed by atoms with Crippen molar-refractivity contribution in [3.8, 4) is 0 Å². The molecule has 0 saturated carbocycles. The first-order valence-electron chi connectivity index (χ1n) is 2.98. The molecule has 0 unspecified atom stereocenters. The minimum absolute atomic E-state index is 0.161. The second kappa shape index (κ2) is 4.38. The van der Waals surface area contributed by atoms with Crippen LogP contribution in [0.4, 0.5) is 22.0 Å². The van der Waals surface area contributed by atoms with Gasteiger partial charge in [-0.25, -0.2) is 0 Å². The van der Waals surface area contributed by atoms with Crippen molar-refractivity contribution in [3.05, 3.63) is 0 Å². The summed E-state index contributed by atoms with van der Waals surface area (Å²) in [6, 6.07) is 0. The number of hydrogen-bond donors (Lipinski definition) is 1. The van der Waals surface area contributed by atoms with Crippen LogP contribution in [0.1, 0.15) is 0 Å². The quantitative estimate of drug-likeness (QED) is 0.479. The number of rotatable bonds is 3. The van der Waals surface area contributed by atoms with Crippen LogP contribution in [0, 0.1) is 0 Å². The Morgan fingerprint density at radius 2 is 1.69 bits per heavy atom. The van der Waals surface area contributed by atoms with E-state index in [0.29, 0.717) is 0 Å². The summed E-state index contributed by atoms with van der Waals surface area (Å²) in [6.07, 6.45) is -5.62. The zero-order chi connectivity index (χ0) is 10.7. The third kappa shape index (κ3) is 4.05. The van der Waals surface area contributed by atoms with Gasteiger partial charge in [0.2, 0.25) is 5.91 Å². The summed E-state index contributed by atoms with van der Waals surface area (Å²) in [4.78, 5) is 10.4. The van der Waals surface area contributed by atoms with E-state index in [0.717, 1.165) is 0 Å². The molecule has 0 aromatic carbocycles. The van der Waals surface area contributed by atoms with E-state index in [1.807, 2.05) is 0 Å². The number of carbonyl (C=O) groups is 1. The SMILES string of the molecule is O=C(CI)NCC(F)(F)C(F)(F)F. The largest absolute Gasteiger partial charge is 0.455 e. The molecular weight excluding hydrogens is 312 g/mol. The molecule has 0 aromatic heterocycles. The summed E-state index contributed by atoms with van der Waals surface area (Å²) in [5, 5.41) is 1.46. The Kier molecular flexibility index (Phi) is 4.33. The Hall–Kier alpha value is -0.150. The van der Waals surface area contributed by atoms with Crippen molar-refractivity contribution in [2.24, 2.45) is 0 Å². The van der Waals surface area contributed by atoms with E-state index in [2.05, 4.69) is 0 Å². The van der Waals surface area contributed by atoms with Crippen LogP contribution in [0.5, 0.6) is 0 Å². The molecule has 2 nitrogen and oxygen atoms in total. The van der Waals surface area contributed by atoms with Gasteiger partial charge in [0, 0.05) is 0 Å². The number of alkyl halides is 6. The third-order valence-electron chi connectivity index (χ3n) is 1.04. The average molecular weight is 317 g/mol. The number of amides is 1. The molecule has 0 spiro atoms. The Balaban J connectivity index is 4.12. The number of hydrogen-bond acceptors (Lipinski definition) is 1. The summed E-state index contributed by atoms with van der Waals surface area (Å²) in [7, 11) is 0. The van der Waals surface area contributed by atoms with Gasteiger partial charge in [-0.1, -0.05) is 22.6 Å². The van der Waals surface area contributed by atoms with Gasteiger partial charge in [0.25, 0.3) is 0 Å². The fraction of sp³-hybridized carbons (Fsp3) is 0.800. The van der Waals surface area contributed by atoms with E-state index in [-0.39, 0.29) is 4.43 Å². The van der Waals surface area contributed by atoms with Crippen molar-refractivity contribution in [1.29, 1.82) is 0 Å². The highest BCUT2D eigenvalue weighted by Gasteiger charge is 2.57. The topological polar surface area (TPSA) is 29.1 Å². The van der Waals surface area contributed by atoms with Crippen LogP contribution in [0.15, 0.2) is 0 Å². The van der Waals surface area contributed by atoms with Crippen LogP contribution in [-0.4, -0.2) is 29.0 Å². The van der Waals surface area contributed by atoms with Crippen LogP contribution in [0.2, 0.25) is 0 Å². The molecule has 1 amide bonds. The molecule has 0 aliphatic heterocycles. The van der Waals surface area contributed by atoms with Gasteiger partial charge in [-0.3, -0.25) is 4.79 Å². The first-order chi connectivity index (χ1) is 5.70. The van der Waals surface area contributed by atoms with Crippen molar-refractivity contribution in [3.63, 3.8) is 0 Å². The molecule has 0 rings (SSSR count). The Labute approximate surface area is 84.0 Å². The zero-order valence-corrected chi connectivity index (χ0v) is 8.25. The molecule has 0 aliphatic carbocycles. The highest BCUT2D eigenvalue weighted by atomic mass is 127. The summed E-state index contributed by atoms with van der Waals surface area (Å²) < 4.78 is 58.5. The van der Waals surface area contributed by atoms with E-state index in [9.17, 15) is 26.7 Å². The lowest BCUT2D eigenvalue weighted by Crippen LogP contribution is -2.47. The number of halogens is 6. The Morgan fingerprint density at radius 3 is 2.00 bits per heavy atom. The van der Waals surface area contributed by atoms with Crippen LogP contribution in [0.3, 0.4) is 0 Å². The highest BCUT2D eigenvalue weighted by Crippen LogP contribution is 2.34. The molecule has 0 aromatic rings. The number of carbonyl (C=O) groups excluding carboxylic acids is 1. The molecule has 13 heavy (non-hydrogen) atoms. The monoisotopic (exact) mass is 317 g/mol. The molecule has 0 radical (unpaired) electrons. The minimum Gasteiger partial charge on any atom is -0.349 e. The smallest absolute Gasteiger partial charge is 0.349 e. The van der Waals surface area contributed by atoms with Gasteiger partial charge in [0.15, 0.2) is 0 Å². The molecule has 8 heteroatoms. The summed E-state index contributed by atoms with van der Waals surface area (Å²) >= 11 is 1.55. The maximum Gasteiger partial charge on any atom is 0.455 e. The van der Waals surface area contributed by atoms with E-state index >= 15 is 0 Å². The molecule has 0 heterocycles. The van der Waals surface area contributed by atoms with Crippen molar-refractivity contribution >= 4 is 28.5 Å². The van der Waals surface area contributed by atoms with E-state index < -0.39 is 24.6 Å². The third-order valence-corrected chi connectivity index (χ3v) is 1.74. The van der Waals surface area contributed by atoms with Gasteiger partial charge in [0.1, 0.15) is 0 Å². The lowest BCUT2D eigenvalue weighted by atomic mass is 10.3. The van der Waals surface area contributed by atoms with Crippen LogP contribution < -0.4 is 5.32 Å². The molecule has 0 bridgehead atoms. The molecule has 1 N–H and O–H groups in total. The molecule has 0 saturated heterocycles. The fourth-order valence-electron chi connectivity index (χ4n) is 0.357. The minimum atomic E-state index is -5.62. The first-order valence-corrected chi connectivity index (χ1v) is 4.50. The Bertz CT molecular complexity index is 192. The molecule has 0 atom stereocenters. The van der Waals surface area contributed by atoms with E-state index in [4.69, 9.17) is 0 Å². The van der Waals surface area contributed by atoms with Crippen molar-refractivity contribution in [1.82, 2.24) is 5.32 Å². The van der Waals surface area contributed by atoms with Crippen molar-refractivity contribution in [2.75, 3.05) is 11.0 Å². The zero-order valence-electron chi connectivity index (χ0n) is 6.09. The summed E-state index contributed by atoms with van der Waals surface area (Å²) in [5.41, 5.74) is 0. The Morgan fingerprint density at radius 1 is 1.23 bits per heavy atom. The molecule has 0 aliphatic rings. The average Bonchev–Trinajstić information content (AvgIpc) is 1.98. The predicted octanol–water partition coefficient (Wildman–Crippen LogP) is 1.74. The summed E-state index contributed by atoms with van der Waals surface area (Å²) in [6.45, 7) is -1.71. The van der Waals surface area contributed by atoms with Gasteiger partial charge in [-0.15, -0.1) is 0 Å². The van der Waals surface area contributed by atoms with E-state index in [1.54, 1.807) is 22.6 Å². The molecule has 78 valence electrons. The lowest BCUT2D eigenvalue weighted by molar-refractivity contribution is -0.278. The van der Waals surface area contributed by atoms with Gasteiger partial charge < -0.3 is 5.32 Å². The standard InChI is InChI=1S/C5H5F5INO/c6-4(7,5(8,9)10)2-12-3(13)1-11/h1-2H2,(H,12,13). The molecular formula is C5H5F5INO.